The third kappa shape index (κ3) is 1.84. The Hall–Kier alpha value is -1.94. The van der Waals surface area contributed by atoms with Crippen molar-refractivity contribution in [1.29, 1.82) is 0 Å². The molecule has 1 aliphatic rings. The number of ether oxygens (including phenoxy) is 1. The molecule has 1 N–H and O–H groups in total. The number of H-pyrrole nitrogens is 1. The molecule has 0 atom stereocenters. The van der Waals surface area contributed by atoms with E-state index in [1.165, 1.54) is 0 Å². The number of benzene rings is 1. The second-order valence-electron chi connectivity index (χ2n) is 4.46. The molecule has 0 saturated heterocycles. The standard InChI is InChI=1S/C14H14N2O2/c1-9-4-2-3-5-10(9)13-15-12-6-7-18-8-11(12)14(17)16-13/h2-5H,6-8H2,1H3,(H,15,16,17). The molecule has 4 nitrogen and oxygen atoms in total. The van der Waals surface area contributed by atoms with Gasteiger partial charge in [0.15, 0.2) is 0 Å². The quantitative estimate of drug-likeness (QED) is 0.829. The number of nitrogens with one attached hydrogen (secondary N) is 1. The summed E-state index contributed by atoms with van der Waals surface area (Å²) in [6, 6.07) is 7.91. The van der Waals surface area contributed by atoms with Crippen LogP contribution in [0.4, 0.5) is 0 Å². The Morgan fingerprint density at radius 1 is 1.33 bits per heavy atom. The lowest BCUT2D eigenvalue weighted by atomic mass is 10.1. The number of rotatable bonds is 1. The summed E-state index contributed by atoms with van der Waals surface area (Å²) < 4.78 is 5.29. The highest BCUT2D eigenvalue weighted by Crippen LogP contribution is 2.20. The van der Waals surface area contributed by atoms with Gasteiger partial charge in [-0.2, -0.15) is 0 Å². The average molecular weight is 242 g/mol. The number of nitrogens with zero attached hydrogens (tertiary/aromatic N) is 1. The predicted molar refractivity (Wildman–Crippen MR) is 68.4 cm³/mol. The molecule has 0 fully saturated rings. The van der Waals surface area contributed by atoms with Gasteiger partial charge < -0.3 is 9.72 Å². The Labute approximate surface area is 105 Å². The predicted octanol–water partition coefficient (Wildman–Crippen LogP) is 1.82. The number of fused-ring (bicyclic) bond motifs is 1. The Balaban J connectivity index is 2.17. The summed E-state index contributed by atoms with van der Waals surface area (Å²) in [5.41, 5.74) is 3.52. The maximum atomic E-state index is 12.0. The summed E-state index contributed by atoms with van der Waals surface area (Å²) in [4.78, 5) is 19.4. The van der Waals surface area contributed by atoms with Gasteiger partial charge in [-0.3, -0.25) is 4.79 Å². The molecule has 1 aliphatic heterocycles. The molecule has 3 rings (SSSR count). The Bertz CT molecular complexity index is 646. The number of aromatic nitrogens is 2. The highest BCUT2D eigenvalue weighted by molar-refractivity contribution is 5.59. The van der Waals surface area contributed by atoms with Gasteiger partial charge in [0.2, 0.25) is 0 Å². The fourth-order valence-corrected chi connectivity index (χ4v) is 2.21. The van der Waals surface area contributed by atoms with Gasteiger partial charge in [0.25, 0.3) is 5.56 Å². The van der Waals surface area contributed by atoms with Crippen LogP contribution in [0.15, 0.2) is 29.1 Å². The van der Waals surface area contributed by atoms with Crippen LogP contribution < -0.4 is 5.56 Å². The minimum Gasteiger partial charge on any atom is -0.376 e. The number of hydrogen-bond donors (Lipinski definition) is 1. The van der Waals surface area contributed by atoms with E-state index >= 15 is 0 Å². The molecule has 0 unspecified atom stereocenters. The van der Waals surface area contributed by atoms with Crippen LogP contribution >= 0.6 is 0 Å². The van der Waals surface area contributed by atoms with E-state index in [4.69, 9.17) is 4.74 Å². The van der Waals surface area contributed by atoms with Crippen LogP contribution in [-0.4, -0.2) is 16.6 Å². The molecule has 0 bridgehead atoms. The third-order valence-electron chi connectivity index (χ3n) is 3.23. The zero-order valence-electron chi connectivity index (χ0n) is 10.2. The largest absolute Gasteiger partial charge is 0.376 e. The number of aryl methyl sites for hydroxylation is 1. The number of aromatic amines is 1. The fourth-order valence-electron chi connectivity index (χ4n) is 2.21. The van der Waals surface area contributed by atoms with Crippen LogP contribution in [0.3, 0.4) is 0 Å². The van der Waals surface area contributed by atoms with Crippen molar-refractivity contribution in [3.05, 3.63) is 51.4 Å². The third-order valence-corrected chi connectivity index (χ3v) is 3.23. The second-order valence-corrected chi connectivity index (χ2v) is 4.46. The highest BCUT2D eigenvalue weighted by atomic mass is 16.5. The van der Waals surface area contributed by atoms with Crippen molar-refractivity contribution in [1.82, 2.24) is 9.97 Å². The van der Waals surface area contributed by atoms with E-state index in [0.29, 0.717) is 31.0 Å². The first-order valence-electron chi connectivity index (χ1n) is 6.01. The lowest BCUT2D eigenvalue weighted by Crippen LogP contribution is -2.24. The maximum Gasteiger partial charge on any atom is 0.256 e. The Kier molecular flexibility index (Phi) is 2.72. The van der Waals surface area contributed by atoms with Crippen LogP contribution in [0, 0.1) is 6.92 Å². The van der Waals surface area contributed by atoms with Gasteiger partial charge in [-0.25, -0.2) is 4.98 Å². The summed E-state index contributed by atoms with van der Waals surface area (Å²) in [7, 11) is 0. The molecular formula is C14H14N2O2. The van der Waals surface area contributed by atoms with Crippen LogP contribution in [0.25, 0.3) is 11.4 Å². The molecule has 2 heterocycles. The van der Waals surface area contributed by atoms with Crippen molar-refractivity contribution >= 4 is 0 Å². The molecular weight excluding hydrogens is 228 g/mol. The van der Waals surface area contributed by atoms with Crippen LogP contribution in [-0.2, 0) is 17.8 Å². The molecule has 1 aromatic heterocycles. The second kappa shape index (κ2) is 4.38. The summed E-state index contributed by atoms with van der Waals surface area (Å²) in [6.07, 6.45) is 0.706. The monoisotopic (exact) mass is 242 g/mol. The molecule has 2 aromatic rings. The summed E-state index contributed by atoms with van der Waals surface area (Å²) in [5, 5.41) is 0. The van der Waals surface area contributed by atoms with Crippen molar-refractivity contribution in [2.45, 2.75) is 20.0 Å². The zero-order valence-corrected chi connectivity index (χ0v) is 10.2. The smallest absolute Gasteiger partial charge is 0.256 e. The van der Waals surface area contributed by atoms with Gasteiger partial charge in [-0.1, -0.05) is 24.3 Å². The first-order chi connectivity index (χ1) is 8.75. The van der Waals surface area contributed by atoms with Gasteiger partial charge in [-0.05, 0) is 12.5 Å². The van der Waals surface area contributed by atoms with Crippen molar-refractivity contribution in [2.75, 3.05) is 6.61 Å². The van der Waals surface area contributed by atoms with Gasteiger partial charge in [0.05, 0.1) is 24.5 Å². The summed E-state index contributed by atoms with van der Waals surface area (Å²) >= 11 is 0. The van der Waals surface area contributed by atoms with E-state index in [2.05, 4.69) is 9.97 Å². The van der Waals surface area contributed by atoms with E-state index in [1.54, 1.807) is 0 Å². The van der Waals surface area contributed by atoms with Gasteiger partial charge in [0.1, 0.15) is 5.82 Å². The van der Waals surface area contributed by atoms with Crippen molar-refractivity contribution in [2.24, 2.45) is 0 Å². The molecule has 0 saturated carbocycles. The van der Waals surface area contributed by atoms with Crippen LogP contribution in [0.5, 0.6) is 0 Å². The molecule has 0 spiro atoms. The van der Waals surface area contributed by atoms with Gasteiger partial charge in [-0.15, -0.1) is 0 Å². The molecule has 4 heteroatoms. The summed E-state index contributed by atoms with van der Waals surface area (Å²) in [5.74, 6) is 0.652. The molecule has 92 valence electrons. The first kappa shape index (κ1) is 11.2. The molecule has 1 aromatic carbocycles. The van der Waals surface area contributed by atoms with Crippen molar-refractivity contribution in [3.8, 4) is 11.4 Å². The van der Waals surface area contributed by atoms with E-state index in [0.717, 1.165) is 16.8 Å². The summed E-state index contributed by atoms with van der Waals surface area (Å²) in [6.45, 7) is 3.01. The normalized spacial score (nSPS) is 14.3. The van der Waals surface area contributed by atoms with Crippen molar-refractivity contribution < 1.29 is 4.74 Å². The first-order valence-corrected chi connectivity index (χ1v) is 6.01. The molecule has 0 amide bonds. The lowest BCUT2D eigenvalue weighted by molar-refractivity contribution is 0.108. The minimum absolute atomic E-state index is 0.0852. The SMILES string of the molecule is Cc1ccccc1-c1nc2c(c(=O)[nH]1)COCC2. The average Bonchev–Trinajstić information content (AvgIpc) is 2.39. The fraction of sp³-hybridized carbons (Fsp3) is 0.286. The molecule has 0 radical (unpaired) electrons. The van der Waals surface area contributed by atoms with Gasteiger partial charge >= 0.3 is 0 Å². The zero-order chi connectivity index (χ0) is 12.5. The van der Waals surface area contributed by atoms with Crippen LogP contribution in [0.1, 0.15) is 16.8 Å². The van der Waals surface area contributed by atoms with E-state index in [9.17, 15) is 4.79 Å². The van der Waals surface area contributed by atoms with Crippen LogP contribution in [0.2, 0.25) is 0 Å². The number of hydrogen-bond acceptors (Lipinski definition) is 3. The highest BCUT2D eigenvalue weighted by Gasteiger charge is 2.16. The minimum atomic E-state index is -0.0852. The Morgan fingerprint density at radius 2 is 2.17 bits per heavy atom. The van der Waals surface area contributed by atoms with E-state index in [1.807, 2.05) is 31.2 Å². The molecule has 18 heavy (non-hydrogen) atoms. The lowest BCUT2D eigenvalue weighted by Gasteiger charge is -2.15. The van der Waals surface area contributed by atoms with E-state index in [-0.39, 0.29) is 5.56 Å². The van der Waals surface area contributed by atoms with Crippen molar-refractivity contribution in [3.63, 3.8) is 0 Å². The maximum absolute atomic E-state index is 12.0. The Morgan fingerprint density at radius 3 is 3.00 bits per heavy atom. The molecule has 0 aliphatic carbocycles. The van der Waals surface area contributed by atoms with Gasteiger partial charge in [0, 0.05) is 12.0 Å². The topological polar surface area (TPSA) is 55.0 Å². The van der Waals surface area contributed by atoms with E-state index < -0.39 is 0 Å².